The Labute approximate surface area is 149 Å². The third kappa shape index (κ3) is 3.82. The van der Waals surface area contributed by atoms with Crippen molar-refractivity contribution in [3.63, 3.8) is 0 Å². The molecule has 4 nitrogen and oxygen atoms in total. The maximum absolute atomic E-state index is 12.9. The smallest absolute Gasteiger partial charge is 0.264 e. The molecule has 130 valence electrons. The molecule has 0 saturated heterocycles. The zero-order valence-corrected chi connectivity index (χ0v) is 15.3. The van der Waals surface area contributed by atoms with Crippen LogP contribution < -0.4 is 4.72 Å². The van der Waals surface area contributed by atoms with E-state index in [1.54, 1.807) is 24.4 Å². The second-order valence-electron chi connectivity index (χ2n) is 6.19. The van der Waals surface area contributed by atoms with E-state index in [9.17, 15) is 8.42 Å². The van der Waals surface area contributed by atoms with Gasteiger partial charge in [-0.2, -0.15) is 0 Å². The van der Waals surface area contributed by atoms with Gasteiger partial charge in [0.1, 0.15) is 4.90 Å². The summed E-state index contributed by atoms with van der Waals surface area (Å²) in [5.74, 6) is 0. The van der Waals surface area contributed by atoms with Crippen LogP contribution in [0, 0.1) is 6.92 Å². The first-order valence-electron chi connectivity index (χ1n) is 8.47. The second kappa shape index (κ2) is 7.23. The van der Waals surface area contributed by atoms with Gasteiger partial charge in [0.05, 0.1) is 11.2 Å². The molecule has 2 aromatic carbocycles. The average Bonchev–Trinajstić information content (AvgIpc) is 2.61. The van der Waals surface area contributed by atoms with Gasteiger partial charge in [-0.25, -0.2) is 8.42 Å². The first-order valence-corrected chi connectivity index (χ1v) is 9.95. The highest BCUT2D eigenvalue weighted by atomic mass is 32.2. The number of hydrogen-bond acceptors (Lipinski definition) is 3. The molecule has 1 aromatic heterocycles. The summed E-state index contributed by atoms with van der Waals surface area (Å²) in [4.78, 5) is 4.43. The number of unbranched alkanes of at least 4 members (excludes halogenated alkanes) is 1. The van der Waals surface area contributed by atoms with Crippen LogP contribution in [0.1, 0.15) is 30.9 Å². The van der Waals surface area contributed by atoms with Gasteiger partial charge in [0.15, 0.2) is 0 Å². The zero-order valence-electron chi connectivity index (χ0n) is 14.5. The number of rotatable bonds is 6. The molecule has 0 unspecified atom stereocenters. The van der Waals surface area contributed by atoms with Gasteiger partial charge in [-0.05, 0) is 49.1 Å². The number of para-hydroxylation sites is 1. The van der Waals surface area contributed by atoms with Crippen LogP contribution in [0.4, 0.5) is 5.69 Å². The maximum Gasteiger partial charge on any atom is 0.264 e. The summed E-state index contributed by atoms with van der Waals surface area (Å²) in [6, 6.07) is 14.7. The summed E-state index contributed by atoms with van der Waals surface area (Å²) in [5.41, 5.74) is 3.24. The zero-order chi connectivity index (χ0) is 17.9. The van der Waals surface area contributed by atoms with E-state index in [2.05, 4.69) is 22.7 Å². The molecule has 0 fully saturated rings. The lowest BCUT2D eigenvalue weighted by atomic mass is 10.1. The number of sulfonamides is 1. The first-order chi connectivity index (χ1) is 12.0. The van der Waals surface area contributed by atoms with Crippen LogP contribution >= 0.6 is 0 Å². The number of nitrogens with one attached hydrogen (secondary N) is 1. The maximum atomic E-state index is 12.9. The summed E-state index contributed by atoms with van der Waals surface area (Å²) in [7, 11) is -3.70. The molecule has 1 N–H and O–H groups in total. The minimum Gasteiger partial charge on any atom is -0.279 e. The van der Waals surface area contributed by atoms with Crippen LogP contribution in [0.2, 0.25) is 0 Å². The number of aromatic nitrogens is 1. The van der Waals surface area contributed by atoms with Crippen LogP contribution in [-0.4, -0.2) is 13.4 Å². The Kier molecular flexibility index (Phi) is 5.04. The number of benzene rings is 2. The van der Waals surface area contributed by atoms with Crippen molar-refractivity contribution in [3.8, 4) is 0 Å². The van der Waals surface area contributed by atoms with Gasteiger partial charge in [-0.1, -0.05) is 43.7 Å². The number of fused-ring (bicyclic) bond motifs is 1. The first kappa shape index (κ1) is 17.4. The molecule has 0 aliphatic heterocycles. The summed E-state index contributed by atoms with van der Waals surface area (Å²) in [6.45, 7) is 4.09. The van der Waals surface area contributed by atoms with Crippen LogP contribution in [0.15, 0.2) is 59.6 Å². The highest BCUT2D eigenvalue weighted by Gasteiger charge is 2.19. The largest absolute Gasteiger partial charge is 0.279 e. The number of aryl methyl sites for hydroxylation is 2. The molecule has 3 rings (SSSR count). The van der Waals surface area contributed by atoms with E-state index >= 15 is 0 Å². The molecule has 1 heterocycles. The fourth-order valence-electron chi connectivity index (χ4n) is 2.87. The fourth-order valence-corrected chi connectivity index (χ4v) is 4.18. The van der Waals surface area contributed by atoms with Crippen molar-refractivity contribution < 1.29 is 8.42 Å². The van der Waals surface area contributed by atoms with E-state index in [0.717, 1.165) is 30.2 Å². The van der Waals surface area contributed by atoms with E-state index in [1.807, 2.05) is 31.2 Å². The monoisotopic (exact) mass is 354 g/mol. The molecule has 0 saturated carbocycles. The van der Waals surface area contributed by atoms with Gasteiger partial charge >= 0.3 is 0 Å². The normalized spacial score (nSPS) is 11.6. The van der Waals surface area contributed by atoms with Crippen LogP contribution in [0.25, 0.3) is 10.9 Å². The highest BCUT2D eigenvalue weighted by Crippen LogP contribution is 2.25. The molecule has 3 aromatic rings. The minimum absolute atomic E-state index is 0.194. The quantitative estimate of drug-likeness (QED) is 0.699. The Hall–Kier alpha value is -2.40. The highest BCUT2D eigenvalue weighted by molar-refractivity contribution is 7.93. The van der Waals surface area contributed by atoms with Crippen molar-refractivity contribution in [2.45, 2.75) is 38.0 Å². The predicted molar refractivity (Wildman–Crippen MR) is 102 cm³/mol. The van der Waals surface area contributed by atoms with Crippen molar-refractivity contribution in [1.29, 1.82) is 0 Å². The Morgan fingerprint density at radius 3 is 2.64 bits per heavy atom. The number of hydrogen-bond donors (Lipinski definition) is 1. The van der Waals surface area contributed by atoms with E-state index in [-0.39, 0.29) is 4.90 Å². The van der Waals surface area contributed by atoms with Crippen molar-refractivity contribution in [3.05, 3.63) is 65.9 Å². The van der Waals surface area contributed by atoms with Crippen molar-refractivity contribution in [2.24, 2.45) is 0 Å². The molecule has 0 atom stereocenters. The van der Waals surface area contributed by atoms with E-state index in [4.69, 9.17) is 0 Å². The topological polar surface area (TPSA) is 59.1 Å². The SMILES string of the molecule is CCCCc1ccc(NS(=O)(=O)c2cccc3cccnc23)c(C)c1. The Bertz CT molecular complexity index is 992. The minimum atomic E-state index is -3.70. The summed E-state index contributed by atoms with van der Waals surface area (Å²) in [5, 5.41) is 0.803. The fraction of sp³-hybridized carbons (Fsp3) is 0.250. The van der Waals surface area contributed by atoms with Gasteiger partial charge < -0.3 is 0 Å². The van der Waals surface area contributed by atoms with Crippen LogP contribution in [-0.2, 0) is 16.4 Å². The third-order valence-electron chi connectivity index (χ3n) is 4.24. The predicted octanol–water partition coefficient (Wildman–Crippen LogP) is 4.69. The standard InChI is InChI=1S/C20H22N2O2S/c1-3-4-7-16-11-12-18(15(2)14-16)22-25(23,24)19-10-5-8-17-9-6-13-21-20(17)19/h5-6,8-14,22H,3-4,7H2,1-2H3. The van der Waals surface area contributed by atoms with E-state index in [0.29, 0.717) is 11.2 Å². The molecule has 0 aliphatic rings. The lowest BCUT2D eigenvalue weighted by molar-refractivity contribution is 0.602. The lowest BCUT2D eigenvalue weighted by Gasteiger charge is -2.13. The molecule has 0 spiro atoms. The molecular formula is C20H22N2O2S. The molecule has 0 aliphatic carbocycles. The van der Waals surface area contributed by atoms with Crippen molar-refractivity contribution >= 4 is 26.6 Å². The van der Waals surface area contributed by atoms with Crippen molar-refractivity contribution in [2.75, 3.05) is 4.72 Å². The van der Waals surface area contributed by atoms with Gasteiger partial charge in [0, 0.05) is 11.6 Å². The Morgan fingerprint density at radius 1 is 1.08 bits per heavy atom. The summed E-state index contributed by atoms with van der Waals surface area (Å²) < 4.78 is 28.5. The summed E-state index contributed by atoms with van der Waals surface area (Å²) in [6.07, 6.45) is 4.89. The van der Waals surface area contributed by atoms with Crippen LogP contribution in [0.3, 0.4) is 0 Å². The third-order valence-corrected chi connectivity index (χ3v) is 5.64. The Morgan fingerprint density at radius 2 is 1.88 bits per heavy atom. The molecule has 25 heavy (non-hydrogen) atoms. The lowest BCUT2D eigenvalue weighted by Crippen LogP contribution is -2.14. The van der Waals surface area contributed by atoms with Gasteiger partial charge in [-0.3, -0.25) is 9.71 Å². The van der Waals surface area contributed by atoms with E-state index in [1.165, 1.54) is 5.56 Å². The van der Waals surface area contributed by atoms with Crippen molar-refractivity contribution in [1.82, 2.24) is 4.98 Å². The molecule has 0 amide bonds. The molecule has 0 radical (unpaired) electrons. The summed E-state index contributed by atoms with van der Waals surface area (Å²) >= 11 is 0. The second-order valence-corrected chi connectivity index (χ2v) is 7.84. The average molecular weight is 354 g/mol. The Balaban J connectivity index is 1.93. The molecular weight excluding hydrogens is 332 g/mol. The number of anilines is 1. The van der Waals surface area contributed by atoms with Crippen LogP contribution in [0.5, 0.6) is 0 Å². The van der Waals surface area contributed by atoms with Gasteiger partial charge in [-0.15, -0.1) is 0 Å². The number of nitrogens with zero attached hydrogens (tertiary/aromatic N) is 1. The van der Waals surface area contributed by atoms with Gasteiger partial charge in [0.25, 0.3) is 10.0 Å². The molecule has 5 heteroatoms. The molecule has 0 bridgehead atoms. The number of pyridine rings is 1. The van der Waals surface area contributed by atoms with Gasteiger partial charge in [0.2, 0.25) is 0 Å². The van der Waals surface area contributed by atoms with E-state index < -0.39 is 10.0 Å².